The van der Waals surface area contributed by atoms with E-state index in [0.29, 0.717) is 17.8 Å². The quantitative estimate of drug-likeness (QED) is 0.590. The zero-order valence-electron chi connectivity index (χ0n) is 8.82. The van der Waals surface area contributed by atoms with Crippen LogP contribution in [0.5, 0.6) is 0 Å². The molecule has 5 nitrogen and oxygen atoms in total. The van der Waals surface area contributed by atoms with E-state index in [9.17, 15) is 4.39 Å². The van der Waals surface area contributed by atoms with Crippen molar-refractivity contribution in [2.75, 3.05) is 0 Å². The first-order valence-corrected chi connectivity index (χ1v) is 5.75. The molecule has 1 aromatic heterocycles. The van der Waals surface area contributed by atoms with Crippen molar-refractivity contribution in [3.63, 3.8) is 0 Å². The summed E-state index contributed by atoms with van der Waals surface area (Å²) in [5, 5.41) is 6.44. The molecule has 1 atom stereocenters. The number of aromatic amines is 1. The molecule has 0 aliphatic heterocycles. The second-order valence-corrected chi connectivity index (χ2v) is 4.45. The van der Waals surface area contributed by atoms with Gasteiger partial charge in [-0.1, -0.05) is 15.9 Å². The Labute approximate surface area is 106 Å². The summed E-state index contributed by atoms with van der Waals surface area (Å²) in [5.41, 5.74) is 3.14. The smallest absolute Gasteiger partial charge is 0.143 e. The predicted molar refractivity (Wildman–Crippen MR) is 64.3 cm³/mol. The summed E-state index contributed by atoms with van der Waals surface area (Å²) < 4.78 is 14.4. The Hall–Kier alpha value is -1.31. The Morgan fingerprint density at radius 3 is 3.00 bits per heavy atom. The van der Waals surface area contributed by atoms with Crippen molar-refractivity contribution >= 4 is 15.9 Å². The van der Waals surface area contributed by atoms with Crippen LogP contribution in [0.2, 0.25) is 0 Å². The molecule has 1 unspecified atom stereocenters. The molecule has 0 aliphatic carbocycles. The second kappa shape index (κ2) is 5.35. The van der Waals surface area contributed by atoms with Crippen LogP contribution in [0, 0.1) is 5.82 Å². The van der Waals surface area contributed by atoms with E-state index >= 15 is 0 Å². The molecular formula is C10H11BrFN5. The zero-order chi connectivity index (χ0) is 12.3. The zero-order valence-corrected chi connectivity index (χ0v) is 10.4. The number of H-pyrrole nitrogens is 1. The van der Waals surface area contributed by atoms with Gasteiger partial charge in [-0.2, -0.15) is 5.10 Å². The van der Waals surface area contributed by atoms with Gasteiger partial charge in [-0.05, 0) is 30.2 Å². The SMILES string of the molecule is NNC(Cc1cc(Br)ccc1F)c1ncn[nH]1. The molecule has 2 aromatic rings. The van der Waals surface area contributed by atoms with Crippen molar-refractivity contribution in [1.82, 2.24) is 20.6 Å². The van der Waals surface area contributed by atoms with Gasteiger partial charge in [0.1, 0.15) is 18.0 Å². The maximum atomic E-state index is 13.6. The summed E-state index contributed by atoms with van der Waals surface area (Å²) in [6.07, 6.45) is 1.77. The normalized spacial score (nSPS) is 12.6. The van der Waals surface area contributed by atoms with Crippen molar-refractivity contribution < 1.29 is 4.39 Å². The maximum absolute atomic E-state index is 13.6. The Morgan fingerprint density at radius 2 is 2.35 bits per heavy atom. The molecule has 0 saturated heterocycles. The minimum atomic E-state index is -0.304. The number of rotatable bonds is 4. The van der Waals surface area contributed by atoms with E-state index in [1.807, 2.05) is 0 Å². The van der Waals surface area contributed by atoms with Crippen LogP contribution in [-0.2, 0) is 6.42 Å². The molecule has 0 bridgehead atoms. The van der Waals surface area contributed by atoms with Crippen LogP contribution in [0.15, 0.2) is 29.0 Å². The highest BCUT2D eigenvalue weighted by Gasteiger charge is 2.15. The highest BCUT2D eigenvalue weighted by Crippen LogP contribution is 2.20. The Morgan fingerprint density at radius 1 is 1.53 bits per heavy atom. The lowest BCUT2D eigenvalue weighted by Crippen LogP contribution is -2.30. The van der Waals surface area contributed by atoms with Crippen LogP contribution in [0.4, 0.5) is 4.39 Å². The van der Waals surface area contributed by atoms with Crippen molar-refractivity contribution in [2.24, 2.45) is 5.84 Å². The van der Waals surface area contributed by atoms with Crippen LogP contribution in [-0.4, -0.2) is 15.2 Å². The van der Waals surface area contributed by atoms with E-state index in [1.165, 1.54) is 12.4 Å². The Balaban J connectivity index is 2.21. The number of hydrogen-bond donors (Lipinski definition) is 3. The molecule has 7 heteroatoms. The maximum Gasteiger partial charge on any atom is 0.143 e. The van der Waals surface area contributed by atoms with Gasteiger partial charge in [-0.15, -0.1) is 0 Å². The number of hydrogen-bond acceptors (Lipinski definition) is 4. The molecule has 2 rings (SSSR count). The van der Waals surface area contributed by atoms with Gasteiger partial charge >= 0.3 is 0 Å². The first kappa shape index (κ1) is 12.2. The molecule has 0 saturated carbocycles. The third-order valence-electron chi connectivity index (χ3n) is 2.40. The van der Waals surface area contributed by atoms with Crippen molar-refractivity contribution in [1.29, 1.82) is 0 Å². The van der Waals surface area contributed by atoms with Gasteiger partial charge in [0.05, 0.1) is 6.04 Å². The van der Waals surface area contributed by atoms with Crippen LogP contribution in [0.25, 0.3) is 0 Å². The molecular weight excluding hydrogens is 289 g/mol. The van der Waals surface area contributed by atoms with Gasteiger partial charge in [0.25, 0.3) is 0 Å². The lowest BCUT2D eigenvalue weighted by atomic mass is 10.1. The van der Waals surface area contributed by atoms with Crippen LogP contribution >= 0.6 is 15.9 Å². The third kappa shape index (κ3) is 2.87. The molecule has 90 valence electrons. The summed E-state index contributed by atoms with van der Waals surface area (Å²) in [4.78, 5) is 3.99. The molecule has 1 aromatic carbocycles. The lowest BCUT2D eigenvalue weighted by Gasteiger charge is -2.13. The van der Waals surface area contributed by atoms with Crippen molar-refractivity contribution in [3.8, 4) is 0 Å². The van der Waals surface area contributed by atoms with Crippen LogP contribution < -0.4 is 11.3 Å². The summed E-state index contributed by atoms with van der Waals surface area (Å²) in [5.74, 6) is 5.73. The van der Waals surface area contributed by atoms with E-state index in [0.717, 1.165) is 4.47 Å². The van der Waals surface area contributed by atoms with Gasteiger partial charge in [0, 0.05) is 4.47 Å². The number of halogens is 2. The topological polar surface area (TPSA) is 79.6 Å². The number of nitrogens with zero attached hydrogens (tertiary/aromatic N) is 2. The molecule has 17 heavy (non-hydrogen) atoms. The monoisotopic (exact) mass is 299 g/mol. The minimum absolute atomic E-state index is 0.270. The predicted octanol–water partition coefficient (Wildman–Crippen LogP) is 1.45. The molecule has 0 amide bonds. The van der Waals surface area contributed by atoms with E-state index in [4.69, 9.17) is 5.84 Å². The molecule has 0 spiro atoms. The number of aromatic nitrogens is 3. The standard InChI is InChI=1S/C10H11BrFN5/c11-7-1-2-8(12)6(3-7)4-9(16-13)10-14-5-15-17-10/h1-3,5,9,16H,4,13H2,(H,14,15,17). The first-order valence-electron chi connectivity index (χ1n) is 4.96. The Kier molecular flexibility index (Phi) is 3.82. The van der Waals surface area contributed by atoms with Crippen molar-refractivity contribution in [2.45, 2.75) is 12.5 Å². The van der Waals surface area contributed by atoms with E-state index in [2.05, 4.69) is 36.5 Å². The lowest BCUT2D eigenvalue weighted by molar-refractivity contribution is 0.508. The number of nitrogens with one attached hydrogen (secondary N) is 2. The fourth-order valence-electron chi connectivity index (χ4n) is 1.54. The summed E-state index contributed by atoms with van der Waals surface area (Å²) >= 11 is 3.30. The minimum Gasteiger partial charge on any atom is -0.271 e. The summed E-state index contributed by atoms with van der Waals surface area (Å²) in [6, 6.07) is 4.47. The fraction of sp³-hybridized carbons (Fsp3) is 0.200. The number of nitrogens with two attached hydrogens (primary N) is 1. The van der Waals surface area contributed by atoms with Gasteiger partial charge in [-0.3, -0.25) is 10.9 Å². The third-order valence-corrected chi connectivity index (χ3v) is 2.89. The van der Waals surface area contributed by atoms with Gasteiger partial charge in [0.15, 0.2) is 0 Å². The molecule has 4 N–H and O–H groups in total. The first-order chi connectivity index (χ1) is 8.20. The van der Waals surface area contributed by atoms with Crippen LogP contribution in [0.3, 0.4) is 0 Å². The summed E-state index contributed by atoms with van der Waals surface area (Å²) in [7, 11) is 0. The average molecular weight is 300 g/mol. The molecule has 0 radical (unpaired) electrons. The van der Waals surface area contributed by atoms with Gasteiger partial charge in [-0.25, -0.2) is 14.8 Å². The molecule has 1 heterocycles. The van der Waals surface area contributed by atoms with E-state index in [1.54, 1.807) is 12.1 Å². The van der Waals surface area contributed by atoms with E-state index in [-0.39, 0.29) is 11.9 Å². The van der Waals surface area contributed by atoms with Crippen molar-refractivity contribution in [3.05, 3.63) is 46.2 Å². The highest BCUT2D eigenvalue weighted by atomic mass is 79.9. The van der Waals surface area contributed by atoms with Gasteiger partial charge in [0.2, 0.25) is 0 Å². The average Bonchev–Trinajstić information content (AvgIpc) is 2.84. The summed E-state index contributed by atoms with van der Waals surface area (Å²) in [6.45, 7) is 0. The second-order valence-electron chi connectivity index (χ2n) is 3.53. The van der Waals surface area contributed by atoms with Gasteiger partial charge < -0.3 is 0 Å². The Bertz CT molecular complexity index is 487. The number of hydrazine groups is 1. The highest BCUT2D eigenvalue weighted by molar-refractivity contribution is 9.10. The fourth-order valence-corrected chi connectivity index (χ4v) is 1.95. The number of benzene rings is 1. The van der Waals surface area contributed by atoms with Crippen LogP contribution in [0.1, 0.15) is 17.4 Å². The van der Waals surface area contributed by atoms with E-state index < -0.39 is 0 Å². The largest absolute Gasteiger partial charge is 0.271 e. The molecule has 0 aliphatic rings. The molecule has 0 fully saturated rings.